The number of hydrogen-bond donors (Lipinski definition) is 0. The Kier molecular flexibility index (Phi) is 2.20. The summed E-state index contributed by atoms with van der Waals surface area (Å²) in [4.78, 5) is 4.33. The van der Waals surface area contributed by atoms with Gasteiger partial charge in [-0.25, -0.2) is 0 Å². The number of aliphatic imine (C=N–C) groups is 1. The van der Waals surface area contributed by atoms with E-state index in [1.165, 1.54) is 43.2 Å². The molecule has 2 atom stereocenters. The average molecular weight is 165 g/mol. The third-order valence-corrected chi connectivity index (χ3v) is 3.47. The van der Waals surface area contributed by atoms with Gasteiger partial charge in [-0.1, -0.05) is 13.3 Å². The van der Waals surface area contributed by atoms with E-state index < -0.39 is 0 Å². The van der Waals surface area contributed by atoms with Gasteiger partial charge in [0.2, 0.25) is 0 Å². The van der Waals surface area contributed by atoms with E-state index in [1.54, 1.807) is 6.42 Å². The SMILES string of the molecule is CCCC(CCC1C2CC12)=NC. The molecule has 0 N–H and O–H groups in total. The fourth-order valence-electron chi connectivity index (χ4n) is 2.31. The van der Waals surface area contributed by atoms with Crippen LogP contribution in [-0.4, -0.2) is 12.8 Å². The van der Waals surface area contributed by atoms with Gasteiger partial charge in [0.15, 0.2) is 0 Å². The average Bonchev–Trinajstić information content (AvgIpc) is 2.90. The van der Waals surface area contributed by atoms with Crippen LogP contribution in [0.25, 0.3) is 0 Å². The predicted octanol–water partition coefficient (Wildman–Crippen LogP) is 2.90. The van der Waals surface area contributed by atoms with Crippen LogP contribution in [0.1, 0.15) is 39.0 Å². The molecule has 2 saturated carbocycles. The fraction of sp³-hybridized carbons (Fsp3) is 0.909. The minimum Gasteiger partial charge on any atom is -0.297 e. The summed E-state index contributed by atoms with van der Waals surface area (Å²) < 4.78 is 0. The van der Waals surface area contributed by atoms with Crippen LogP contribution in [0.5, 0.6) is 0 Å². The number of nitrogens with zero attached hydrogens (tertiary/aromatic N) is 1. The van der Waals surface area contributed by atoms with E-state index in [4.69, 9.17) is 0 Å². The summed E-state index contributed by atoms with van der Waals surface area (Å²) in [6.45, 7) is 2.24. The second-order valence-electron chi connectivity index (χ2n) is 4.31. The Labute approximate surface area is 75.3 Å². The van der Waals surface area contributed by atoms with Gasteiger partial charge in [0.05, 0.1) is 0 Å². The lowest BCUT2D eigenvalue weighted by molar-refractivity contribution is 0.575. The van der Waals surface area contributed by atoms with Crippen LogP contribution in [-0.2, 0) is 0 Å². The van der Waals surface area contributed by atoms with Gasteiger partial charge in [0.1, 0.15) is 0 Å². The highest BCUT2D eigenvalue weighted by atomic mass is 14.7. The summed E-state index contributed by atoms with van der Waals surface area (Å²) in [6, 6.07) is 0. The van der Waals surface area contributed by atoms with Gasteiger partial charge < -0.3 is 0 Å². The minimum atomic E-state index is 1.12. The van der Waals surface area contributed by atoms with Crippen molar-refractivity contribution in [3.05, 3.63) is 0 Å². The molecular weight excluding hydrogens is 146 g/mol. The van der Waals surface area contributed by atoms with Crippen molar-refractivity contribution < 1.29 is 0 Å². The van der Waals surface area contributed by atoms with Crippen molar-refractivity contribution in [2.75, 3.05) is 7.05 Å². The quantitative estimate of drug-likeness (QED) is 0.555. The summed E-state index contributed by atoms with van der Waals surface area (Å²) in [6.07, 6.45) is 6.74. The van der Waals surface area contributed by atoms with E-state index >= 15 is 0 Å². The van der Waals surface area contributed by atoms with Crippen molar-refractivity contribution in [1.29, 1.82) is 0 Å². The molecule has 0 radical (unpaired) electrons. The van der Waals surface area contributed by atoms with E-state index in [2.05, 4.69) is 11.9 Å². The van der Waals surface area contributed by atoms with Gasteiger partial charge in [0, 0.05) is 12.8 Å². The monoisotopic (exact) mass is 165 g/mol. The highest BCUT2D eigenvalue weighted by Gasteiger charge is 2.62. The Hall–Kier alpha value is -0.330. The molecule has 1 nitrogen and oxygen atoms in total. The third-order valence-electron chi connectivity index (χ3n) is 3.47. The van der Waals surface area contributed by atoms with Gasteiger partial charge in [-0.05, 0) is 43.4 Å². The molecule has 0 aliphatic heterocycles. The van der Waals surface area contributed by atoms with Gasteiger partial charge in [-0.2, -0.15) is 0 Å². The lowest BCUT2D eigenvalue weighted by atomic mass is 10.0. The zero-order chi connectivity index (χ0) is 8.55. The van der Waals surface area contributed by atoms with Gasteiger partial charge in [-0.15, -0.1) is 0 Å². The Balaban J connectivity index is 1.63. The van der Waals surface area contributed by atoms with Gasteiger partial charge in [-0.3, -0.25) is 4.99 Å². The van der Waals surface area contributed by atoms with Crippen molar-refractivity contribution in [1.82, 2.24) is 0 Å². The predicted molar refractivity (Wildman–Crippen MR) is 52.6 cm³/mol. The second kappa shape index (κ2) is 3.20. The lowest BCUT2D eigenvalue weighted by Crippen LogP contribution is -2.00. The molecule has 0 bridgehead atoms. The Morgan fingerprint density at radius 3 is 2.50 bits per heavy atom. The normalized spacial score (nSPS) is 37.8. The molecule has 0 aromatic rings. The van der Waals surface area contributed by atoms with Crippen LogP contribution in [0.2, 0.25) is 0 Å². The molecule has 0 saturated heterocycles. The standard InChI is InChI=1S/C11H19N/c1-3-4-8(12-2)5-6-9-10-7-11(9)10/h9-11H,3-7H2,1-2H3. The van der Waals surface area contributed by atoms with E-state index in [1.807, 2.05) is 7.05 Å². The van der Waals surface area contributed by atoms with Crippen LogP contribution in [0.15, 0.2) is 4.99 Å². The summed E-state index contributed by atoms with van der Waals surface area (Å²) in [5.74, 6) is 3.47. The fourth-order valence-corrected chi connectivity index (χ4v) is 2.31. The van der Waals surface area contributed by atoms with Gasteiger partial charge in [0.25, 0.3) is 0 Å². The second-order valence-corrected chi connectivity index (χ2v) is 4.31. The maximum atomic E-state index is 4.33. The highest BCUT2D eigenvalue weighted by Crippen LogP contribution is 2.69. The topological polar surface area (TPSA) is 12.4 Å². The number of hydrogen-bond acceptors (Lipinski definition) is 1. The summed E-state index contributed by atoms with van der Waals surface area (Å²) in [5.41, 5.74) is 1.45. The van der Waals surface area contributed by atoms with Crippen LogP contribution in [0.4, 0.5) is 0 Å². The highest BCUT2D eigenvalue weighted by molar-refractivity contribution is 5.84. The van der Waals surface area contributed by atoms with Crippen LogP contribution >= 0.6 is 0 Å². The lowest BCUT2D eigenvalue weighted by Gasteiger charge is -2.05. The molecule has 0 aromatic carbocycles. The van der Waals surface area contributed by atoms with Crippen molar-refractivity contribution >= 4 is 5.71 Å². The maximum absolute atomic E-state index is 4.33. The first-order valence-electron chi connectivity index (χ1n) is 5.31. The first-order valence-corrected chi connectivity index (χ1v) is 5.31. The number of fused-ring (bicyclic) bond motifs is 1. The summed E-state index contributed by atoms with van der Waals surface area (Å²) in [7, 11) is 1.94. The third kappa shape index (κ3) is 1.55. The van der Waals surface area contributed by atoms with Crippen molar-refractivity contribution in [3.8, 4) is 0 Å². The molecule has 0 amide bonds. The molecule has 2 rings (SSSR count). The molecule has 0 spiro atoms. The summed E-state index contributed by atoms with van der Waals surface area (Å²) >= 11 is 0. The Morgan fingerprint density at radius 1 is 1.33 bits per heavy atom. The van der Waals surface area contributed by atoms with Crippen molar-refractivity contribution in [2.45, 2.75) is 39.0 Å². The molecular formula is C11H19N. The number of rotatable bonds is 5. The van der Waals surface area contributed by atoms with E-state index in [0.717, 1.165) is 5.92 Å². The van der Waals surface area contributed by atoms with E-state index in [-0.39, 0.29) is 0 Å². The Morgan fingerprint density at radius 2 is 2.08 bits per heavy atom. The smallest absolute Gasteiger partial charge is 0.0276 e. The molecule has 0 heterocycles. The molecule has 0 aromatic heterocycles. The van der Waals surface area contributed by atoms with Gasteiger partial charge >= 0.3 is 0 Å². The largest absolute Gasteiger partial charge is 0.297 e. The maximum Gasteiger partial charge on any atom is 0.0276 e. The summed E-state index contributed by atoms with van der Waals surface area (Å²) in [5, 5.41) is 0. The first kappa shape index (κ1) is 8.28. The zero-order valence-electron chi connectivity index (χ0n) is 8.21. The molecule has 2 aliphatic carbocycles. The molecule has 2 fully saturated rings. The molecule has 68 valence electrons. The van der Waals surface area contributed by atoms with Crippen molar-refractivity contribution in [2.24, 2.45) is 22.7 Å². The molecule has 1 heteroatoms. The molecule has 2 unspecified atom stereocenters. The van der Waals surface area contributed by atoms with Crippen LogP contribution < -0.4 is 0 Å². The van der Waals surface area contributed by atoms with E-state index in [9.17, 15) is 0 Å². The zero-order valence-corrected chi connectivity index (χ0v) is 8.21. The molecule has 12 heavy (non-hydrogen) atoms. The minimum absolute atomic E-state index is 1.12. The first-order chi connectivity index (χ1) is 5.86. The van der Waals surface area contributed by atoms with E-state index in [0.29, 0.717) is 0 Å². The van der Waals surface area contributed by atoms with Crippen LogP contribution in [0.3, 0.4) is 0 Å². The Bertz CT molecular complexity index is 187. The van der Waals surface area contributed by atoms with Crippen molar-refractivity contribution in [3.63, 3.8) is 0 Å². The molecule has 2 aliphatic rings. The van der Waals surface area contributed by atoms with Crippen LogP contribution in [0, 0.1) is 17.8 Å².